The van der Waals surface area contributed by atoms with Gasteiger partial charge in [-0.2, -0.15) is 11.8 Å². The van der Waals surface area contributed by atoms with Crippen LogP contribution >= 0.6 is 23.1 Å². The van der Waals surface area contributed by atoms with Crippen LogP contribution in [0.1, 0.15) is 11.3 Å². The number of hydrogen-bond acceptors (Lipinski definition) is 7. The Kier molecular flexibility index (Phi) is 7.77. The number of thioether (sulfide) groups is 1. The largest absolute Gasteiger partial charge is 0.497 e. The molecule has 8 heteroatoms. The maximum atomic E-state index is 12.0. The summed E-state index contributed by atoms with van der Waals surface area (Å²) in [7, 11) is 3.28. The van der Waals surface area contributed by atoms with Gasteiger partial charge >= 0.3 is 0 Å². The van der Waals surface area contributed by atoms with Gasteiger partial charge < -0.3 is 14.2 Å². The van der Waals surface area contributed by atoms with E-state index < -0.39 is 0 Å². The van der Waals surface area contributed by atoms with Gasteiger partial charge in [0.05, 0.1) is 19.9 Å². The van der Waals surface area contributed by atoms with Crippen LogP contribution in [-0.2, 0) is 16.3 Å². The number of benzene rings is 2. The zero-order valence-corrected chi connectivity index (χ0v) is 17.8. The van der Waals surface area contributed by atoms with E-state index in [0.717, 1.165) is 34.3 Å². The molecule has 0 saturated carbocycles. The fourth-order valence-corrected chi connectivity index (χ4v) is 4.17. The highest BCUT2D eigenvalue weighted by molar-refractivity contribution is 7.97. The molecular weight excluding hydrogens is 408 g/mol. The molecule has 0 bridgehead atoms. The van der Waals surface area contributed by atoms with Crippen molar-refractivity contribution in [1.29, 1.82) is 0 Å². The van der Waals surface area contributed by atoms with Crippen molar-refractivity contribution in [3.05, 3.63) is 65.2 Å². The molecule has 0 aliphatic rings. The minimum atomic E-state index is -0.231. The number of carbonyl (C=O) groups excluding carboxylic acids is 1. The van der Waals surface area contributed by atoms with Gasteiger partial charge in [-0.05, 0) is 29.8 Å². The van der Waals surface area contributed by atoms with E-state index in [1.54, 1.807) is 26.0 Å². The number of anilines is 1. The van der Waals surface area contributed by atoms with Crippen LogP contribution in [0.3, 0.4) is 0 Å². The van der Waals surface area contributed by atoms with E-state index in [9.17, 15) is 4.79 Å². The molecule has 1 N–H and O–H groups in total. The summed E-state index contributed by atoms with van der Waals surface area (Å²) >= 11 is 3.14. The van der Waals surface area contributed by atoms with Gasteiger partial charge in [-0.15, -0.1) is 11.3 Å². The van der Waals surface area contributed by atoms with Gasteiger partial charge in [0.2, 0.25) is 0 Å². The molecule has 0 unspecified atom stereocenters. The first-order valence-electron chi connectivity index (χ1n) is 8.88. The molecule has 3 rings (SSSR count). The number of nitrogens with one attached hydrogen (secondary N) is 1. The average Bonchev–Trinajstić information content (AvgIpc) is 3.19. The third kappa shape index (κ3) is 6.69. The lowest BCUT2D eigenvalue weighted by Crippen LogP contribution is -2.20. The van der Waals surface area contributed by atoms with Crippen molar-refractivity contribution >= 4 is 34.1 Å². The smallest absolute Gasteiger partial charge is 0.264 e. The lowest BCUT2D eigenvalue weighted by Gasteiger charge is -2.08. The van der Waals surface area contributed by atoms with Crippen LogP contribution in [0.15, 0.2) is 53.9 Å². The number of nitrogens with zero attached hydrogens (tertiary/aromatic N) is 1. The lowest BCUT2D eigenvalue weighted by atomic mass is 10.2. The Morgan fingerprint density at radius 3 is 2.45 bits per heavy atom. The Morgan fingerprint density at radius 1 is 1.03 bits per heavy atom. The fourth-order valence-electron chi connectivity index (χ4n) is 2.47. The number of amides is 1. The molecule has 0 fully saturated rings. The first-order valence-corrected chi connectivity index (χ1v) is 10.9. The predicted molar refractivity (Wildman–Crippen MR) is 117 cm³/mol. The van der Waals surface area contributed by atoms with Crippen LogP contribution < -0.4 is 19.5 Å². The second kappa shape index (κ2) is 10.7. The molecule has 1 amide bonds. The number of thiazole rings is 1. The minimum Gasteiger partial charge on any atom is -0.497 e. The van der Waals surface area contributed by atoms with Crippen molar-refractivity contribution in [3.8, 4) is 17.2 Å². The Bertz CT molecular complexity index is 909. The number of hydrogen-bond donors (Lipinski definition) is 1. The molecule has 0 aliphatic carbocycles. The van der Waals surface area contributed by atoms with E-state index in [4.69, 9.17) is 14.2 Å². The number of para-hydroxylation sites is 1. The summed E-state index contributed by atoms with van der Waals surface area (Å²) in [5.74, 6) is 3.52. The maximum absolute atomic E-state index is 12.0. The molecule has 0 saturated heterocycles. The van der Waals surface area contributed by atoms with Crippen molar-refractivity contribution in [2.75, 3.05) is 26.1 Å². The normalized spacial score (nSPS) is 10.4. The number of methoxy groups -OCH3 is 2. The Hall–Kier alpha value is -2.71. The number of rotatable bonds is 10. The first kappa shape index (κ1) is 21.0. The molecule has 0 spiro atoms. The zero-order chi connectivity index (χ0) is 20.5. The molecule has 1 aromatic heterocycles. The van der Waals surface area contributed by atoms with Crippen LogP contribution in [0.4, 0.5) is 5.13 Å². The summed E-state index contributed by atoms with van der Waals surface area (Å²) in [6.07, 6.45) is 0. The quantitative estimate of drug-likeness (QED) is 0.506. The highest BCUT2D eigenvalue weighted by atomic mass is 32.2. The maximum Gasteiger partial charge on any atom is 0.264 e. The molecular formula is C21H22N2O4S2. The van der Waals surface area contributed by atoms with Crippen LogP contribution in [0, 0.1) is 0 Å². The third-order valence-corrected chi connectivity index (χ3v) is 5.69. The lowest BCUT2D eigenvalue weighted by molar-refractivity contribution is -0.118. The van der Waals surface area contributed by atoms with Crippen molar-refractivity contribution in [3.63, 3.8) is 0 Å². The van der Waals surface area contributed by atoms with E-state index in [0.29, 0.717) is 10.9 Å². The number of carbonyl (C=O) groups is 1. The minimum absolute atomic E-state index is 0.0502. The average molecular weight is 431 g/mol. The standard InChI is InChI=1S/C21H22N2O4S2/c1-25-18-8-15(9-19(10-18)26-2)12-28-13-16-14-29-21(22-16)23-20(24)11-27-17-6-4-3-5-7-17/h3-10,14H,11-13H2,1-2H3,(H,22,23,24). The summed E-state index contributed by atoms with van der Waals surface area (Å²) in [4.78, 5) is 16.5. The summed E-state index contributed by atoms with van der Waals surface area (Å²) in [6.45, 7) is -0.0502. The van der Waals surface area contributed by atoms with Gasteiger partial charge in [0.25, 0.3) is 5.91 Å². The van der Waals surface area contributed by atoms with E-state index in [1.165, 1.54) is 11.3 Å². The second-order valence-electron chi connectivity index (χ2n) is 6.01. The Balaban J connectivity index is 1.45. The predicted octanol–water partition coefficient (Wildman–Crippen LogP) is 4.61. The van der Waals surface area contributed by atoms with E-state index >= 15 is 0 Å². The van der Waals surface area contributed by atoms with Gasteiger partial charge in [-0.25, -0.2) is 4.98 Å². The number of aromatic nitrogens is 1. The molecule has 0 radical (unpaired) electrons. The molecule has 3 aromatic rings. The van der Waals surface area contributed by atoms with Gasteiger partial charge in [0, 0.05) is 23.0 Å². The van der Waals surface area contributed by atoms with Gasteiger partial charge in [-0.1, -0.05) is 18.2 Å². The Morgan fingerprint density at radius 2 is 1.76 bits per heavy atom. The van der Waals surface area contributed by atoms with Crippen molar-refractivity contribution in [2.45, 2.75) is 11.5 Å². The van der Waals surface area contributed by atoms with Crippen molar-refractivity contribution < 1.29 is 19.0 Å². The number of ether oxygens (including phenoxy) is 3. The van der Waals surface area contributed by atoms with E-state index in [1.807, 2.05) is 53.9 Å². The van der Waals surface area contributed by atoms with E-state index in [2.05, 4.69) is 10.3 Å². The first-order chi connectivity index (χ1) is 14.2. The van der Waals surface area contributed by atoms with Crippen LogP contribution in [-0.4, -0.2) is 31.7 Å². The summed E-state index contributed by atoms with van der Waals surface area (Å²) < 4.78 is 16.0. The highest BCUT2D eigenvalue weighted by Crippen LogP contribution is 2.27. The molecule has 152 valence electrons. The molecule has 1 heterocycles. The fraction of sp³-hybridized carbons (Fsp3) is 0.238. The summed E-state index contributed by atoms with van der Waals surface area (Å²) in [6, 6.07) is 15.1. The molecule has 0 atom stereocenters. The van der Waals surface area contributed by atoms with Gasteiger partial charge in [-0.3, -0.25) is 10.1 Å². The van der Waals surface area contributed by atoms with E-state index in [-0.39, 0.29) is 12.5 Å². The molecule has 29 heavy (non-hydrogen) atoms. The monoisotopic (exact) mass is 430 g/mol. The van der Waals surface area contributed by atoms with Crippen molar-refractivity contribution in [2.24, 2.45) is 0 Å². The third-order valence-electron chi connectivity index (χ3n) is 3.84. The van der Waals surface area contributed by atoms with Gasteiger partial charge in [0.15, 0.2) is 11.7 Å². The second-order valence-corrected chi connectivity index (χ2v) is 7.85. The van der Waals surface area contributed by atoms with Crippen molar-refractivity contribution in [1.82, 2.24) is 4.98 Å². The topological polar surface area (TPSA) is 69.7 Å². The highest BCUT2D eigenvalue weighted by Gasteiger charge is 2.08. The van der Waals surface area contributed by atoms with Crippen LogP contribution in [0.2, 0.25) is 0 Å². The summed E-state index contributed by atoms with van der Waals surface area (Å²) in [5, 5.41) is 5.30. The molecule has 2 aromatic carbocycles. The van der Waals surface area contributed by atoms with Crippen LogP contribution in [0.25, 0.3) is 0 Å². The molecule has 0 aliphatic heterocycles. The Labute approximate surface area is 178 Å². The van der Waals surface area contributed by atoms with Gasteiger partial charge in [0.1, 0.15) is 17.2 Å². The summed E-state index contributed by atoms with van der Waals surface area (Å²) in [5.41, 5.74) is 2.04. The zero-order valence-electron chi connectivity index (χ0n) is 16.2. The SMILES string of the molecule is COc1cc(CSCc2csc(NC(=O)COc3ccccc3)n2)cc(OC)c1. The van der Waals surface area contributed by atoms with Crippen LogP contribution in [0.5, 0.6) is 17.2 Å². The molecule has 6 nitrogen and oxygen atoms in total.